The summed E-state index contributed by atoms with van der Waals surface area (Å²) in [5.74, 6) is -0.414. The lowest BCUT2D eigenvalue weighted by molar-refractivity contribution is 0.254. The SMILES string of the molecule is CCc1nn(C)c(CC(C#N)CO)c1Cl. The summed E-state index contributed by atoms with van der Waals surface area (Å²) in [6, 6.07) is 2.03. The van der Waals surface area contributed by atoms with Crippen molar-refractivity contribution in [2.75, 3.05) is 6.61 Å². The second-order valence-electron chi connectivity index (χ2n) is 3.40. The minimum Gasteiger partial charge on any atom is -0.395 e. The van der Waals surface area contributed by atoms with Gasteiger partial charge in [-0.3, -0.25) is 4.68 Å². The first-order chi connectivity index (χ1) is 7.13. The number of hydrogen-bond donors (Lipinski definition) is 1. The number of hydrogen-bond acceptors (Lipinski definition) is 3. The molecule has 1 aromatic heterocycles. The van der Waals surface area contributed by atoms with Crippen LogP contribution in [0.1, 0.15) is 18.3 Å². The highest BCUT2D eigenvalue weighted by atomic mass is 35.5. The van der Waals surface area contributed by atoms with E-state index in [0.717, 1.165) is 17.8 Å². The number of halogens is 1. The second kappa shape index (κ2) is 5.15. The van der Waals surface area contributed by atoms with Crippen molar-refractivity contribution in [3.05, 3.63) is 16.4 Å². The van der Waals surface area contributed by atoms with Crippen LogP contribution >= 0.6 is 11.6 Å². The van der Waals surface area contributed by atoms with E-state index in [4.69, 9.17) is 22.0 Å². The molecule has 1 atom stereocenters. The van der Waals surface area contributed by atoms with Crippen molar-refractivity contribution in [1.82, 2.24) is 9.78 Å². The Labute approximate surface area is 94.1 Å². The molecule has 0 saturated carbocycles. The molecule has 1 N–H and O–H groups in total. The summed E-state index contributed by atoms with van der Waals surface area (Å²) in [5.41, 5.74) is 1.65. The molecule has 1 heterocycles. The maximum atomic E-state index is 8.94. The monoisotopic (exact) mass is 227 g/mol. The van der Waals surface area contributed by atoms with Crippen LogP contribution in [0.5, 0.6) is 0 Å². The number of aryl methyl sites for hydroxylation is 2. The molecule has 1 rings (SSSR count). The number of nitriles is 1. The highest BCUT2D eigenvalue weighted by molar-refractivity contribution is 6.31. The molecule has 0 fully saturated rings. The van der Waals surface area contributed by atoms with Crippen LogP contribution < -0.4 is 0 Å². The molecule has 0 bridgehead atoms. The lowest BCUT2D eigenvalue weighted by Crippen LogP contribution is -2.10. The molecule has 1 unspecified atom stereocenters. The summed E-state index contributed by atoms with van der Waals surface area (Å²) in [6.45, 7) is 1.82. The maximum absolute atomic E-state index is 8.94. The van der Waals surface area contributed by atoms with E-state index < -0.39 is 5.92 Å². The Kier molecular flexibility index (Phi) is 4.13. The van der Waals surface area contributed by atoms with Gasteiger partial charge in [0.1, 0.15) is 0 Å². The molecule has 82 valence electrons. The van der Waals surface area contributed by atoms with Crippen molar-refractivity contribution in [2.24, 2.45) is 13.0 Å². The third kappa shape index (κ3) is 2.49. The zero-order valence-corrected chi connectivity index (χ0v) is 9.62. The van der Waals surface area contributed by atoms with Crippen LogP contribution in [-0.2, 0) is 19.9 Å². The first-order valence-electron chi connectivity index (χ1n) is 4.84. The summed E-state index contributed by atoms with van der Waals surface area (Å²) in [5, 5.41) is 22.6. The van der Waals surface area contributed by atoms with Crippen LogP contribution in [0, 0.1) is 17.2 Å². The lowest BCUT2D eigenvalue weighted by Gasteiger charge is -2.05. The molecule has 5 heteroatoms. The lowest BCUT2D eigenvalue weighted by atomic mass is 10.1. The van der Waals surface area contributed by atoms with Gasteiger partial charge in [0.2, 0.25) is 0 Å². The van der Waals surface area contributed by atoms with E-state index in [2.05, 4.69) is 5.10 Å². The minimum absolute atomic E-state index is 0.153. The van der Waals surface area contributed by atoms with Crippen LogP contribution in [0.3, 0.4) is 0 Å². The topological polar surface area (TPSA) is 61.8 Å². The number of nitrogens with zero attached hydrogens (tertiary/aromatic N) is 3. The highest BCUT2D eigenvalue weighted by Gasteiger charge is 2.17. The molecule has 0 radical (unpaired) electrons. The Bertz CT molecular complexity index is 381. The molecule has 0 spiro atoms. The Morgan fingerprint density at radius 3 is 2.73 bits per heavy atom. The van der Waals surface area contributed by atoms with Gasteiger partial charge >= 0.3 is 0 Å². The molecule has 0 aliphatic rings. The van der Waals surface area contributed by atoms with Gasteiger partial charge in [0.25, 0.3) is 0 Å². The van der Waals surface area contributed by atoms with Crippen LogP contribution in [-0.4, -0.2) is 21.5 Å². The van der Waals surface area contributed by atoms with E-state index in [-0.39, 0.29) is 6.61 Å². The van der Waals surface area contributed by atoms with E-state index in [1.165, 1.54) is 0 Å². The quantitative estimate of drug-likeness (QED) is 0.844. The maximum Gasteiger partial charge on any atom is 0.0850 e. The Morgan fingerprint density at radius 1 is 1.67 bits per heavy atom. The zero-order valence-electron chi connectivity index (χ0n) is 8.87. The van der Waals surface area contributed by atoms with E-state index in [1.807, 2.05) is 13.0 Å². The molecule has 0 saturated heterocycles. The van der Waals surface area contributed by atoms with E-state index in [0.29, 0.717) is 11.4 Å². The number of aliphatic hydroxyl groups excluding tert-OH is 1. The molecule has 0 amide bonds. The second-order valence-corrected chi connectivity index (χ2v) is 3.78. The number of aliphatic hydroxyl groups is 1. The van der Waals surface area contributed by atoms with Crippen LogP contribution in [0.15, 0.2) is 0 Å². The number of rotatable bonds is 4. The summed E-state index contributed by atoms with van der Waals surface area (Å²) in [4.78, 5) is 0. The average molecular weight is 228 g/mol. The Hall–Kier alpha value is -1.05. The highest BCUT2D eigenvalue weighted by Crippen LogP contribution is 2.23. The minimum atomic E-state index is -0.414. The summed E-state index contributed by atoms with van der Waals surface area (Å²) in [7, 11) is 1.80. The molecule has 0 aromatic carbocycles. The molecule has 4 nitrogen and oxygen atoms in total. The summed E-state index contributed by atoms with van der Waals surface area (Å²) in [6.07, 6.45) is 1.21. The number of aromatic nitrogens is 2. The summed E-state index contributed by atoms with van der Waals surface area (Å²) < 4.78 is 1.68. The van der Waals surface area contributed by atoms with Crippen LogP contribution in [0.2, 0.25) is 5.02 Å². The van der Waals surface area contributed by atoms with Crippen molar-refractivity contribution in [2.45, 2.75) is 19.8 Å². The Morgan fingerprint density at radius 2 is 2.33 bits per heavy atom. The van der Waals surface area contributed by atoms with Gasteiger partial charge in [0.05, 0.1) is 35.0 Å². The fourth-order valence-electron chi connectivity index (χ4n) is 1.43. The van der Waals surface area contributed by atoms with Gasteiger partial charge in [-0.25, -0.2) is 0 Å². The largest absolute Gasteiger partial charge is 0.395 e. The van der Waals surface area contributed by atoms with Crippen molar-refractivity contribution < 1.29 is 5.11 Å². The van der Waals surface area contributed by atoms with E-state index >= 15 is 0 Å². The standard InChI is InChI=1S/C10H14ClN3O/c1-3-8-10(11)9(14(2)13-8)4-7(5-12)6-15/h7,15H,3-4,6H2,1-2H3. The first kappa shape index (κ1) is 12.0. The third-order valence-electron chi connectivity index (χ3n) is 2.35. The van der Waals surface area contributed by atoms with Crippen molar-refractivity contribution in [3.8, 4) is 6.07 Å². The smallest absolute Gasteiger partial charge is 0.0850 e. The molecule has 1 aromatic rings. The van der Waals surface area contributed by atoms with Crippen molar-refractivity contribution in [3.63, 3.8) is 0 Å². The predicted molar refractivity (Wildman–Crippen MR) is 57.5 cm³/mol. The predicted octanol–water partition coefficient (Wildman–Crippen LogP) is 1.31. The van der Waals surface area contributed by atoms with Gasteiger partial charge in [0, 0.05) is 13.5 Å². The van der Waals surface area contributed by atoms with Crippen LogP contribution in [0.25, 0.3) is 0 Å². The van der Waals surface area contributed by atoms with E-state index in [9.17, 15) is 0 Å². The molecular weight excluding hydrogens is 214 g/mol. The molecule has 0 aliphatic carbocycles. The fourth-order valence-corrected chi connectivity index (χ4v) is 1.80. The first-order valence-corrected chi connectivity index (χ1v) is 5.22. The normalized spacial score (nSPS) is 12.5. The molecule has 15 heavy (non-hydrogen) atoms. The van der Waals surface area contributed by atoms with Crippen molar-refractivity contribution >= 4 is 11.6 Å². The van der Waals surface area contributed by atoms with E-state index in [1.54, 1.807) is 11.7 Å². The molecular formula is C10H14ClN3O. The zero-order chi connectivity index (χ0) is 11.4. The van der Waals surface area contributed by atoms with Gasteiger partial charge in [-0.15, -0.1) is 0 Å². The van der Waals surface area contributed by atoms with Gasteiger partial charge < -0.3 is 5.11 Å². The fraction of sp³-hybridized carbons (Fsp3) is 0.600. The van der Waals surface area contributed by atoms with Crippen molar-refractivity contribution in [1.29, 1.82) is 5.26 Å². The van der Waals surface area contributed by atoms with Gasteiger partial charge in [0.15, 0.2) is 0 Å². The van der Waals surface area contributed by atoms with Gasteiger partial charge in [-0.05, 0) is 6.42 Å². The Balaban J connectivity index is 2.95. The molecule has 0 aliphatic heterocycles. The third-order valence-corrected chi connectivity index (χ3v) is 2.78. The average Bonchev–Trinajstić information content (AvgIpc) is 2.51. The van der Waals surface area contributed by atoms with Crippen LogP contribution in [0.4, 0.5) is 0 Å². The van der Waals surface area contributed by atoms with Gasteiger partial charge in [-0.1, -0.05) is 18.5 Å². The van der Waals surface area contributed by atoms with Gasteiger partial charge in [-0.2, -0.15) is 10.4 Å². The summed E-state index contributed by atoms with van der Waals surface area (Å²) >= 11 is 6.11.